The molecule has 3 aliphatic rings. The average Bonchev–Trinajstić information content (AvgIpc) is 3.55. The highest BCUT2D eigenvalue weighted by atomic mass is 19.3. The summed E-state index contributed by atoms with van der Waals surface area (Å²) in [7, 11) is 1.61. The van der Waals surface area contributed by atoms with Gasteiger partial charge in [0.15, 0.2) is 5.82 Å². The zero-order chi connectivity index (χ0) is 20.2. The van der Waals surface area contributed by atoms with Crippen LogP contribution in [0, 0.1) is 11.8 Å². The van der Waals surface area contributed by atoms with Gasteiger partial charge in [-0.15, -0.1) is 0 Å². The zero-order valence-electron chi connectivity index (χ0n) is 16.6. The predicted molar refractivity (Wildman–Crippen MR) is 109 cm³/mol. The summed E-state index contributed by atoms with van der Waals surface area (Å²) in [5.41, 5.74) is 9.56. The number of aromatic nitrogens is 2. The largest absolute Gasteiger partial charge is 0.382 e. The molecule has 150 valence electrons. The number of halogens is 2. The molecule has 3 N–H and O–H groups in total. The minimum absolute atomic E-state index is 0.0417. The van der Waals surface area contributed by atoms with Gasteiger partial charge in [-0.3, -0.25) is 10.1 Å². The lowest BCUT2D eigenvalue weighted by Gasteiger charge is -2.36. The first-order valence-corrected chi connectivity index (χ1v) is 9.79. The highest BCUT2D eigenvalue weighted by Gasteiger charge is 2.46. The van der Waals surface area contributed by atoms with Gasteiger partial charge in [0.25, 0.3) is 5.92 Å². The molecule has 0 spiro atoms. The van der Waals surface area contributed by atoms with Crippen LogP contribution in [0.5, 0.6) is 0 Å². The van der Waals surface area contributed by atoms with Gasteiger partial charge in [0.05, 0.1) is 17.0 Å². The van der Waals surface area contributed by atoms with Crippen molar-refractivity contribution in [3.05, 3.63) is 35.7 Å². The SMILES string of the molecule is C=C1c2c(N)n[nH]c2C(C(/C=C(\C)C(C)(F)F)=NC)=CN1C(C1CC1)C1CC1. The first-order valence-electron chi connectivity index (χ1n) is 9.79. The molecule has 1 aromatic rings. The van der Waals surface area contributed by atoms with Crippen molar-refractivity contribution < 1.29 is 8.78 Å². The van der Waals surface area contributed by atoms with Gasteiger partial charge in [-0.2, -0.15) is 5.10 Å². The summed E-state index contributed by atoms with van der Waals surface area (Å²) in [6, 6.07) is 0.376. The molecule has 0 saturated heterocycles. The number of nitrogens with two attached hydrogens (primary N) is 1. The van der Waals surface area contributed by atoms with Crippen molar-refractivity contribution in [1.29, 1.82) is 0 Å². The van der Waals surface area contributed by atoms with E-state index >= 15 is 0 Å². The molecule has 2 saturated carbocycles. The van der Waals surface area contributed by atoms with Gasteiger partial charge >= 0.3 is 0 Å². The number of nitrogens with one attached hydrogen (secondary N) is 1. The Hall–Kier alpha value is -2.44. The normalized spacial score (nSPS) is 21.3. The van der Waals surface area contributed by atoms with Gasteiger partial charge in [-0.25, -0.2) is 8.78 Å². The number of aliphatic imine (C=N–C) groups is 1. The van der Waals surface area contributed by atoms with Crippen LogP contribution in [0.25, 0.3) is 11.3 Å². The maximum absolute atomic E-state index is 13.8. The van der Waals surface area contributed by atoms with E-state index in [1.807, 2.05) is 6.20 Å². The number of nitrogen functional groups attached to an aromatic ring is 1. The third-order valence-electron chi connectivity index (χ3n) is 6.03. The van der Waals surface area contributed by atoms with Gasteiger partial charge in [0.2, 0.25) is 0 Å². The Morgan fingerprint density at radius 3 is 2.50 bits per heavy atom. The fourth-order valence-corrected chi connectivity index (χ4v) is 4.02. The second kappa shape index (κ2) is 6.57. The fourth-order valence-electron chi connectivity index (χ4n) is 4.02. The zero-order valence-corrected chi connectivity index (χ0v) is 16.6. The first kappa shape index (κ1) is 18.9. The number of hydrogen-bond acceptors (Lipinski definition) is 4. The fraction of sp³-hybridized carbons (Fsp3) is 0.524. The van der Waals surface area contributed by atoms with E-state index in [1.165, 1.54) is 38.7 Å². The van der Waals surface area contributed by atoms with Crippen LogP contribution in [0.4, 0.5) is 14.6 Å². The molecule has 1 aliphatic heterocycles. The molecule has 0 bridgehead atoms. The Labute approximate surface area is 164 Å². The number of rotatable bonds is 6. The summed E-state index contributed by atoms with van der Waals surface area (Å²) in [5.74, 6) is -1.24. The molecule has 1 aromatic heterocycles. The first-order chi connectivity index (χ1) is 13.2. The van der Waals surface area contributed by atoms with E-state index in [9.17, 15) is 8.78 Å². The van der Waals surface area contributed by atoms with Crippen molar-refractivity contribution in [2.24, 2.45) is 16.8 Å². The number of hydrogen-bond donors (Lipinski definition) is 2. The lowest BCUT2D eigenvalue weighted by molar-refractivity contribution is 0.0637. The van der Waals surface area contributed by atoms with Crippen LogP contribution in [-0.4, -0.2) is 39.8 Å². The maximum Gasteiger partial charge on any atom is 0.266 e. The maximum atomic E-state index is 13.8. The third kappa shape index (κ3) is 3.27. The molecule has 0 atom stereocenters. The highest BCUT2D eigenvalue weighted by molar-refractivity contribution is 6.30. The summed E-state index contributed by atoms with van der Waals surface area (Å²) in [6.07, 6.45) is 8.33. The molecule has 7 heteroatoms. The standard InChI is InChI=1S/C21H27F2N5/c1-11(21(3,22)23)9-16(25-4)15-10-28(19(13-5-6-13)14-7-8-14)12(2)17-18(15)26-27-20(17)24/h9-10,13-14,19H,2,5-8H2,1,3-4H3,(H3,24,26,27)/b11-9+,25-16?. The minimum atomic E-state index is -2.91. The molecule has 0 aromatic carbocycles. The minimum Gasteiger partial charge on any atom is -0.382 e. The molecular formula is C21H27F2N5. The van der Waals surface area contributed by atoms with Crippen LogP contribution in [0.2, 0.25) is 0 Å². The number of allylic oxidation sites excluding steroid dienone is 3. The quantitative estimate of drug-likeness (QED) is 0.707. The van der Waals surface area contributed by atoms with E-state index < -0.39 is 5.92 Å². The Balaban J connectivity index is 1.81. The van der Waals surface area contributed by atoms with Crippen molar-refractivity contribution in [2.45, 2.75) is 51.5 Å². The second-order valence-electron chi connectivity index (χ2n) is 8.25. The molecular weight excluding hydrogens is 360 g/mol. The van der Waals surface area contributed by atoms with E-state index in [4.69, 9.17) is 5.73 Å². The number of alkyl halides is 2. The third-order valence-corrected chi connectivity index (χ3v) is 6.03. The van der Waals surface area contributed by atoms with Crippen molar-refractivity contribution in [3.63, 3.8) is 0 Å². The van der Waals surface area contributed by atoms with E-state index in [2.05, 4.69) is 26.7 Å². The van der Waals surface area contributed by atoms with Gasteiger partial charge < -0.3 is 10.6 Å². The highest BCUT2D eigenvalue weighted by Crippen LogP contribution is 2.51. The van der Waals surface area contributed by atoms with Crippen molar-refractivity contribution >= 4 is 22.8 Å². The van der Waals surface area contributed by atoms with Crippen LogP contribution in [0.1, 0.15) is 50.8 Å². The summed E-state index contributed by atoms with van der Waals surface area (Å²) in [5, 5.41) is 7.11. The molecule has 2 fully saturated rings. The van der Waals surface area contributed by atoms with Crippen LogP contribution in [0.15, 0.2) is 29.4 Å². The van der Waals surface area contributed by atoms with Crippen LogP contribution in [-0.2, 0) is 0 Å². The summed E-state index contributed by atoms with van der Waals surface area (Å²) in [4.78, 5) is 6.51. The second-order valence-corrected chi connectivity index (χ2v) is 8.25. The van der Waals surface area contributed by atoms with Crippen LogP contribution in [0.3, 0.4) is 0 Å². The monoisotopic (exact) mass is 387 g/mol. The van der Waals surface area contributed by atoms with Crippen LogP contribution < -0.4 is 5.73 Å². The molecule has 0 radical (unpaired) electrons. The van der Waals surface area contributed by atoms with E-state index in [0.717, 1.165) is 23.8 Å². The topological polar surface area (TPSA) is 70.3 Å². The van der Waals surface area contributed by atoms with Gasteiger partial charge in [-0.05, 0) is 56.1 Å². The van der Waals surface area contributed by atoms with Gasteiger partial charge in [-0.1, -0.05) is 6.58 Å². The van der Waals surface area contributed by atoms with Crippen molar-refractivity contribution in [2.75, 3.05) is 12.8 Å². The Morgan fingerprint density at radius 2 is 2.00 bits per heavy atom. The summed E-state index contributed by atoms with van der Waals surface area (Å²) in [6.45, 7) is 6.61. The molecule has 0 unspecified atom stereocenters. The predicted octanol–water partition coefficient (Wildman–Crippen LogP) is 4.48. The Kier molecular flexibility index (Phi) is 4.43. The number of H-pyrrole nitrogens is 1. The summed E-state index contributed by atoms with van der Waals surface area (Å²) < 4.78 is 27.5. The molecule has 2 heterocycles. The lowest BCUT2D eigenvalue weighted by atomic mass is 9.93. The van der Waals surface area contributed by atoms with E-state index in [1.54, 1.807) is 7.05 Å². The molecule has 0 amide bonds. The molecule has 28 heavy (non-hydrogen) atoms. The van der Waals surface area contributed by atoms with E-state index in [-0.39, 0.29) is 5.57 Å². The average molecular weight is 387 g/mol. The number of nitrogens with zero attached hydrogens (tertiary/aromatic N) is 3. The van der Waals surface area contributed by atoms with Crippen molar-refractivity contribution in [3.8, 4) is 0 Å². The Morgan fingerprint density at radius 1 is 1.39 bits per heavy atom. The molecule has 4 rings (SSSR count). The Bertz CT molecular complexity index is 882. The lowest BCUT2D eigenvalue weighted by Crippen LogP contribution is -2.35. The molecule has 2 aliphatic carbocycles. The summed E-state index contributed by atoms with van der Waals surface area (Å²) >= 11 is 0. The molecule has 5 nitrogen and oxygen atoms in total. The van der Waals surface area contributed by atoms with E-state index in [0.29, 0.717) is 35.1 Å². The van der Waals surface area contributed by atoms with Gasteiger partial charge in [0, 0.05) is 37.5 Å². The van der Waals surface area contributed by atoms with Crippen LogP contribution >= 0.6 is 0 Å². The number of fused-ring (bicyclic) bond motifs is 1. The smallest absolute Gasteiger partial charge is 0.266 e. The number of aromatic amines is 1. The van der Waals surface area contributed by atoms with Gasteiger partial charge in [0.1, 0.15) is 0 Å². The van der Waals surface area contributed by atoms with Crippen molar-refractivity contribution in [1.82, 2.24) is 15.1 Å². The number of anilines is 1.